The molecule has 1 aromatic heterocycles. The third-order valence-corrected chi connectivity index (χ3v) is 13.3. The number of hydrogen-bond donors (Lipinski definition) is 0. The molecule has 0 spiro atoms. The Kier molecular flexibility index (Phi) is 8.55. The molecule has 0 amide bonds. The molecule has 11 aromatic rings. The molecule has 0 saturated heterocycles. The summed E-state index contributed by atoms with van der Waals surface area (Å²) in [5.41, 5.74) is 19.9. The molecule has 0 N–H and O–H groups in total. The van der Waals surface area contributed by atoms with Gasteiger partial charge in [-0.05, 0) is 127 Å². The molecule has 0 aliphatic heterocycles. The fourth-order valence-electron chi connectivity index (χ4n) is 10.1. The zero-order chi connectivity index (χ0) is 42.1. The maximum Gasteiger partial charge on any atom is 0.136 e. The first kappa shape index (κ1) is 36.9. The van der Waals surface area contributed by atoms with Gasteiger partial charge in [0.1, 0.15) is 11.2 Å². The van der Waals surface area contributed by atoms with Gasteiger partial charge in [0.15, 0.2) is 0 Å². The van der Waals surface area contributed by atoms with E-state index in [-0.39, 0.29) is 5.41 Å². The largest absolute Gasteiger partial charge is 0.456 e. The number of para-hydroxylation sites is 2. The molecular formula is C61H43NO. The average molecular weight is 806 g/mol. The number of hydrogen-bond acceptors (Lipinski definition) is 2. The van der Waals surface area contributed by atoms with Crippen molar-refractivity contribution in [2.24, 2.45) is 0 Å². The summed E-state index contributed by atoms with van der Waals surface area (Å²) in [5.74, 6) is 0. The van der Waals surface area contributed by atoms with Crippen molar-refractivity contribution in [3.05, 3.63) is 236 Å². The molecule has 1 aliphatic rings. The van der Waals surface area contributed by atoms with Gasteiger partial charge in [0.25, 0.3) is 0 Å². The molecule has 63 heavy (non-hydrogen) atoms. The van der Waals surface area contributed by atoms with Crippen molar-refractivity contribution in [1.29, 1.82) is 0 Å². The number of nitrogens with zero attached hydrogens (tertiary/aromatic N) is 1. The van der Waals surface area contributed by atoms with Crippen LogP contribution in [0, 0.1) is 0 Å². The van der Waals surface area contributed by atoms with E-state index in [1.54, 1.807) is 0 Å². The zero-order valence-electron chi connectivity index (χ0n) is 35.2. The lowest BCUT2D eigenvalue weighted by Gasteiger charge is -2.28. The summed E-state index contributed by atoms with van der Waals surface area (Å²) >= 11 is 0. The molecule has 0 saturated carbocycles. The van der Waals surface area contributed by atoms with E-state index in [9.17, 15) is 0 Å². The third-order valence-electron chi connectivity index (χ3n) is 13.3. The summed E-state index contributed by atoms with van der Waals surface area (Å²) in [5, 5.41) is 4.77. The van der Waals surface area contributed by atoms with Crippen molar-refractivity contribution < 1.29 is 4.42 Å². The first-order valence-corrected chi connectivity index (χ1v) is 21.8. The first-order valence-electron chi connectivity index (χ1n) is 21.8. The van der Waals surface area contributed by atoms with E-state index in [0.29, 0.717) is 0 Å². The number of benzene rings is 10. The zero-order valence-corrected chi connectivity index (χ0v) is 35.2. The Labute approximate surface area is 368 Å². The molecule has 0 atom stereocenters. The molecule has 12 rings (SSSR count). The van der Waals surface area contributed by atoms with Crippen LogP contribution in [0.15, 0.2) is 229 Å². The Bertz CT molecular complexity index is 3520. The van der Waals surface area contributed by atoms with Crippen LogP contribution in [0.2, 0.25) is 0 Å². The van der Waals surface area contributed by atoms with Gasteiger partial charge in [-0.15, -0.1) is 0 Å². The van der Waals surface area contributed by atoms with Crippen molar-refractivity contribution in [2.75, 3.05) is 4.90 Å². The summed E-state index contributed by atoms with van der Waals surface area (Å²) in [6.07, 6.45) is 0. The fraction of sp³-hybridized carbons (Fsp3) is 0.0492. The predicted molar refractivity (Wildman–Crippen MR) is 265 cm³/mol. The van der Waals surface area contributed by atoms with Gasteiger partial charge in [0.05, 0.1) is 5.69 Å². The van der Waals surface area contributed by atoms with E-state index in [0.717, 1.165) is 50.1 Å². The standard InChI is InChI=1S/C61H43NO/c1-61(2)56-19-8-5-15-52(56)55-18-11-17-51(60(55)61)44-30-35-49(36-31-44)62(57-20-9-6-14-50(57)47-32-37-54-53-16-7-10-21-58(53)63-59(54)39-47)48-33-28-42(29-34-48)41-22-24-43(25-23-41)46-27-26-40-12-3-4-13-45(40)38-46/h3-39H,1-2H3. The Morgan fingerprint density at radius 3 is 1.67 bits per heavy atom. The van der Waals surface area contributed by atoms with Crippen LogP contribution >= 0.6 is 0 Å². The SMILES string of the molecule is CC1(C)c2ccccc2-c2cccc(-c3ccc(N(c4ccc(-c5ccc(-c6ccc7ccccc7c6)cc5)cc4)c4ccccc4-c4ccc5c(c4)oc4ccccc45)cc3)c21. The van der Waals surface area contributed by atoms with Gasteiger partial charge in [0.2, 0.25) is 0 Å². The minimum atomic E-state index is -0.106. The highest BCUT2D eigenvalue weighted by molar-refractivity contribution is 6.06. The number of rotatable bonds is 7. The van der Waals surface area contributed by atoms with Gasteiger partial charge >= 0.3 is 0 Å². The smallest absolute Gasteiger partial charge is 0.136 e. The lowest BCUT2D eigenvalue weighted by atomic mass is 9.79. The molecule has 298 valence electrons. The van der Waals surface area contributed by atoms with E-state index in [1.165, 1.54) is 66.4 Å². The van der Waals surface area contributed by atoms with Crippen LogP contribution in [0.4, 0.5) is 17.1 Å². The summed E-state index contributed by atoms with van der Waals surface area (Å²) in [4.78, 5) is 2.39. The highest BCUT2D eigenvalue weighted by Gasteiger charge is 2.37. The second kappa shape index (κ2) is 14.6. The maximum absolute atomic E-state index is 6.40. The van der Waals surface area contributed by atoms with Crippen LogP contribution in [-0.4, -0.2) is 0 Å². The number of fused-ring (bicyclic) bond motifs is 7. The second-order valence-electron chi connectivity index (χ2n) is 17.3. The highest BCUT2D eigenvalue weighted by Crippen LogP contribution is 2.52. The molecule has 0 bridgehead atoms. The van der Waals surface area contributed by atoms with Gasteiger partial charge in [-0.3, -0.25) is 0 Å². The Morgan fingerprint density at radius 1 is 0.349 bits per heavy atom. The predicted octanol–water partition coefficient (Wildman–Crippen LogP) is 17.2. The van der Waals surface area contributed by atoms with Gasteiger partial charge in [-0.1, -0.05) is 184 Å². The molecule has 0 unspecified atom stereocenters. The molecule has 0 radical (unpaired) electrons. The van der Waals surface area contributed by atoms with Crippen LogP contribution in [0.5, 0.6) is 0 Å². The minimum absolute atomic E-state index is 0.106. The monoisotopic (exact) mass is 805 g/mol. The fourth-order valence-corrected chi connectivity index (χ4v) is 10.1. The topological polar surface area (TPSA) is 16.4 Å². The van der Waals surface area contributed by atoms with Crippen LogP contribution in [0.3, 0.4) is 0 Å². The van der Waals surface area contributed by atoms with Crippen LogP contribution in [0.25, 0.3) is 88.3 Å². The van der Waals surface area contributed by atoms with Crippen molar-refractivity contribution in [2.45, 2.75) is 19.3 Å². The summed E-state index contributed by atoms with van der Waals surface area (Å²) < 4.78 is 6.40. The molecule has 2 nitrogen and oxygen atoms in total. The molecule has 2 heteroatoms. The number of furan rings is 1. The molecule has 1 heterocycles. The van der Waals surface area contributed by atoms with E-state index >= 15 is 0 Å². The Morgan fingerprint density at radius 2 is 0.889 bits per heavy atom. The van der Waals surface area contributed by atoms with Crippen molar-refractivity contribution in [3.8, 4) is 55.6 Å². The maximum atomic E-state index is 6.40. The summed E-state index contributed by atoms with van der Waals surface area (Å²) in [6.45, 7) is 4.72. The van der Waals surface area contributed by atoms with E-state index in [4.69, 9.17) is 4.42 Å². The lowest BCUT2D eigenvalue weighted by molar-refractivity contribution is 0.662. The van der Waals surface area contributed by atoms with E-state index in [2.05, 4.69) is 231 Å². The Hall–Kier alpha value is -7.94. The summed E-state index contributed by atoms with van der Waals surface area (Å²) in [7, 11) is 0. The van der Waals surface area contributed by atoms with Crippen molar-refractivity contribution in [1.82, 2.24) is 0 Å². The summed E-state index contributed by atoms with van der Waals surface area (Å²) in [6, 6.07) is 81.6. The minimum Gasteiger partial charge on any atom is -0.456 e. The first-order chi connectivity index (χ1) is 31.0. The quantitative estimate of drug-likeness (QED) is 0.160. The lowest BCUT2D eigenvalue weighted by Crippen LogP contribution is -2.16. The van der Waals surface area contributed by atoms with Gasteiger partial charge in [-0.25, -0.2) is 0 Å². The van der Waals surface area contributed by atoms with Gasteiger partial charge < -0.3 is 9.32 Å². The molecule has 1 aliphatic carbocycles. The van der Waals surface area contributed by atoms with E-state index in [1.807, 2.05) is 12.1 Å². The normalized spacial score (nSPS) is 12.7. The van der Waals surface area contributed by atoms with Crippen LogP contribution in [-0.2, 0) is 5.41 Å². The van der Waals surface area contributed by atoms with Crippen LogP contribution in [0.1, 0.15) is 25.0 Å². The van der Waals surface area contributed by atoms with Crippen molar-refractivity contribution >= 4 is 49.8 Å². The highest BCUT2D eigenvalue weighted by atomic mass is 16.3. The van der Waals surface area contributed by atoms with Gasteiger partial charge in [-0.2, -0.15) is 0 Å². The molecule has 0 fully saturated rings. The third kappa shape index (κ3) is 6.17. The number of anilines is 3. The van der Waals surface area contributed by atoms with Crippen molar-refractivity contribution in [3.63, 3.8) is 0 Å². The molecule has 10 aromatic carbocycles. The van der Waals surface area contributed by atoms with Gasteiger partial charge in [0, 0.05) is 33.1 Å². The average Bonchev–Trinajstić information content (AvgIpc) is 3.83. The van der Waals surface area contributed by atoms with E-state index < -0.39 is 0 Å². The van der Waals surface area contributed by atoms with Crippen LogP contribution < -0.4 is 4.90 Å². The second-order valence-corrected chi connectivity index (χ2v) is 17.3. The molecular weight excluding hydrogens is 763 g/mol. The Balaban J connectivity index is 0.941.